The number of nitrogens with zero attached hydrogens (tertiary/aromatic N) is 2. The van der Waals surface area contributed by atoms with E-state index in [1.54, 1.807) is 9.80 Å². The van der Waals surface area contributed by atoms with E-state index < -0.39 is 0 Å². The summed E-state index contributed by atoms with van der Waals surface area (Å²) in [7, 11) is 0. The molecule has 1 aromatic carbocycles. The number of carbonyl (C=O) groups excluding carboxylic acids is 2. The number of amides is 2. The lowest BCUT2D eigenvalue weighted by atomic mass is 10.2. The number of rotatable bonds is 4. The van der Waals surface area contributed by atoms with E-state index in [1.165, 1.54) is 0 Å². The monoisotopic (exact) mass is 339 g/mol. The number of carbonyl (C=O) groups is 2. The molecule has 2 rings (SSSR count). The number of benzene rings is 1. The van der Waals surface area contributed by atoms with Crippen molar-refractivity contribution in [3.05, 3.63) is 28.2 Å². The highest BCUT2D eigenvalue weighted by Crippen LogP contribution is 2.20. The molecule has 0 aliphatic carbocycles. The molecule has 2 amide bonds. The lowest BCUT2D eigenvalue weighted by Crippen LogP contribution is -2.49. The molecular formula is C14H18BrN3O2. The molecule has 5 nitrogen and oxygen atoms in total. The van der Waals surface area contributed by atoms with E-state index in [0.29, 0.717) is 26.2 Å². The lowest BCUT2D eigenvalue weighted by molar-refractivity contribution is -0.133. The van der Waals surface area contributed by atoms with Gasteiger partial charge in [0.15, 0.2) is 0 Å². The Morgan fingerprint density at radius 3 is 2.65 bits per heavy atom. The molecule has 20 heavy (non-hydrogen) atoms. The highest BCUT2D eigenvalue weighted by molar-refractivity contribution is 9.10. The zero-order valence-corrected chi connectivity index (χ0v) is 13.0. The van der Waals surface area contributed by atoms with Gasteiger partial charge in [-0.1, -0.05) is 22.0 Å². The second-order valence-electron chi connectivity index (χ2n) is 4.84. The largest absolute Gasteiger partial charge is 0.376 e. The van der Waals surface area contributed by atoms with Gasteiger partial charge in [-0.3, -0.25) is 9.59 Å². The Labute approximate surface area is 127 Å². The van der Waals surface area contributed by atoms with E-state index in [4.69, 9.17) is 0 Å². The molecule has 1 saturated heterocycles. The minimum Gasteiger partial charge on any atom is -0.376 e. The second kappa shape index (κ2) is 6.74. The number of hydrogen-bond donors (Lipinski definition) is 1. The summed E-state index contributed by atoms with van der Waals surface area (Å²) in [6.45, 7) is 4.74. The van der Waals surface area contributed by atoms with Crippen molar-refractivity contribution in [2.75, 3.05) is 38.0 Å². The number of nitrogens with one attached hydrogen (secondary N) is 1. The van der Waals surface area contributed by atoms with Crippen molar-refractivity contribution >= 4 is 33.9 Å². The molecule has 1 aliphatic rings. The van der Waals surface area contributed by atoms with Crippen molar-refractivity contribution in [1.29, 1.82) is 0 Å². The summed E-state index contributed by atoms with van der Waals surface area (Å²) in [6, 6.07) is 5.92. The summed E-state index contributed by atoms with van der Waals surface area (Å²) in [5, 5.41) is 3.13. The van der Waals surface area contributed by atoms with Gasteiger partial charge in [0.25, 0.3) is 0 Å². The fourth-order valence-corrected chi connectivity index (χ4v) is 2.45. The Hall–Kier alpha value is -1.56. The number of aryl methyl sites for hydroxylation is 1. The van der Waals surface area contributed by atoms with Crippen LogP contribution in [0.1, 0.15) is 5.56 Å². The first kappa shape index (κ1) is 14.8. The van der Waals surface area contributed by atoms with Crippen molar-refractivity contribution < 1.29 is 9.59 Å². The Morgan fingerprint density at radius 1 is 1.35 bits per heavy atom. The van der Waals surface area contributed by atoms with E-state index in [0.717, 1.165) is 22.1 Å². The van der Waals surface area contributed by atoms with Gasteiger partial charge in [-0.05, 0) is 24.6 Å². The summed E-state index contributed by atoms with van der Waals surface area (Å²) in [4.78, 5) is 26.2. The summed E-state index contributed by atoms with van der Waals surface area (Å²) >= 11 is 3.47. The maximum absolute atomic E-state index is 12.1. The molecule has 1 fully saturated rings. The van der Waals surface area contributed by atoms with Crippen molar-refractivity contribution in [1.82, 2.24) is 9.80 Å². The quantitative estimate of drug-likeness (QED) is 0.845. The van der Waals surface area contributed by atoms with Crippen LogP contribution >= 0.6 is 15.9 Å². The maximum atomic E-state index is 12.1. The molecule has 0 unspecified atom stereocenters. The first-order chi connectivity index (χ1) is 9.60. The van der Waals surface area contributed by atoms with Crippen LogP contribution in [0.5, 0.6) is 0 Å². The molecule has 0 aromatic heterocycles. The summed E-state index contributed by atoms with van der Waals surface area (Å²) < 4.78 is 1.02. The van der Waals surface area contributed by atoms with Crippen LogP contribution in [0, 0.1) is 6.92 Å². The van der Waals surface area contributed by atoms with Crippen molar-refractivity contribution in [2.24, 2.45) is 0 Å². The van der Waals surface area contributed by atoms with E-state index in [9.17, 15) is 9.59 Å². The average molecular weight is 340 g/mol. The molecule has 1 aliphatic heterocycles. The Morgan fingerprint density at radius 2 is 2.05 bits per heavy atom. The molecule has 108 valence electrons. The fourth-order valence-electron chi connectivity index (χ4n) is 2.07. The third kappa shape index (κ3) is 3.72. The SMILES string of the molecule is Cc1ccc(NCC(=O)N2CCN(C=O)CC2)cc1Br. The van der Waals surface area contributed by atoms with Gasteiger partial charge in [-0.15, -0.1) is 0 Å². The van der Waals surface area contributed by atoms with Crippen LogP contribution in [0.25, 0.3) is 0 Å². The third-order valence-corrected chi connectivity index (χ3v) is 4.29. The molecule has 6 heteroatoms. The first-order valence-electron chi connectivity index (χ1n) is 6.57. The van der Waals surface area contributed by atoms with E-state index in [-0.39, 0.29) is 12.5 Å². The van der Waals surface area contributed by atoms with Crippen LogP contribution in [0.15, 0.2) is 22.7 Å². The minimum atomic E-state index is 0.0623. The molecule has 0 bridgehead atoms. The number of hydrogen-bond acceptors (Lipinski definition) is 3. The topological polar surface area (TPSA) is 52.7 Å². The second-order valence-corrected chi connectivity index (χ2v) is 5.69. The Bertz CT molecular complexity index is 499. The molecule has 0 spiro atoms. The van der Waals surface area contributed by atoms with Gasteiger partial charge in [0, 0.05) is 36.3 Å². The zero-order valence-electron chi connectivity index (χ0n) is 11.4. The maximum Gasteiger partial charge on any atom is 0.241 e. The van der Waals surface area contributed by atoms with Gasteiger partial charge in [0.05, 0.1) is 6.54 Å². The van der Waals surface area contributed by atoms with Crippen LogP contribution < -0.4 is 5.32 Å². The van der Waals surface area contributed by atoms with E-state index >= 15 is 0 Å². The predicted octanol–water partition coefficient (Wildman–Crippen LogP) is 1.47. The van der Waals surface area contributed by atoms with Crippen LogP contribution in [0.4, 0.5) is 5.69 Å². The van der Waals surface area contributed by atoms with Crippen LogP contribution in [-0.4, -0.2) is 54.8 Å². The highest BCUT2D eigenvalue weighted by atomic mass is 79.9. The molecule has 1 N–H and O–H groups in total. The molecular weight excluding hydrogens is 322 g/mol. The van der Waals surface area contributed by atoms with E-state index in [1.807, 2.05) is 25.1 Å². The van der Waals surface area contributed by atoms with Crippen LogP contribution in [0.2, 0.25) is 0 Å². The molecule has 1 heterocycles. The summed E-state index contributed by atoms with van der Waals surface area (Å²) in [5.74, 6) is 0.0623. The normalized spacial score (nSPS) is 15.1. The number of piperazine rings is 1. The molecule has 0 radical (unpaired) electrons. The van der Waals surface area contributed by atoms with Crippen molar-refractivity contribution in [2.45, 2.75) is 6.92 Å². The van der Waals surface area contributed by atoms with Gasteiger partial charge < -0.3 is 15.1 Å². The summed E-state index contributed by atoms with van der Waals surface area (Å²) in [5.41, 5.74) is 2.08. The fraction of sp³-hybridized carbons (Fsp3) is 0.429. The van der Waals surface area contributed by atoms with Gasteiger partial charge in [-0.2, -0.15) is 0 Å². The Kier molecular flexibility index (Phi) is 5.00. The third-order valence-electron chi connectivity index (χ3n) is 3.43. The van der Waals surface area contributed by atoms with Crippen molar-refractivity contribution in [3.8, 4) is 0 Å². The Balaban J connectivity index is 1.83. The van der Waals surface area contributed by atoms with Gasteiger partial charge in [-0.25, -0.2) is 0 Å². The molecule has 0 atom stereocenters. The van der Waals surface area contributed by atoms with Gasteiger partial charge >= 0.3 is 0 Å². The van der Waals surface area contributed by atoms with Gasteiger partial charge in [0.1, 0.15) is 0 Å². The minimum absolute atomic E-state index is 0.0623. The number of halogens is 1. The highest BCUT2D eigenvalue weighted by Gasteiger charge is 2.19. The smallest absolute Gasteiger partial charge is 0.241 e. The van der Waals surface area contributed by atoms with Crippen LogP contribution in [-0.2, 0) is 9.59 Å². The number of anilines is 1. The summed E-state index contributed by atoms with van der Waals surface area (Å²) in [6.07, 6.45) is 0.837. The zero-order chi connectivity index (χ0) is 14.5. The standard InChI is InChI=1S/C14H18BrN3O2/c1-11-2-3-12(8-13(11)15)16-9-14(20)18-6-4-17(10-19)5-7-18/h2-3,8,10,16H,4-7,9H2,1H3. The van der Waals surface area contributed by atoms with Crippen LogP contribution in [0.3, 0.4) is 0 Å². The van der Waals surface area contributed by atoms with Gasteiger partial charge in [0.2, 0.25) is 12.3 Å². The van der Waals surface area contributed by atoms with Crippen molar-refractivity contribution in [3.63, 3.8) is 0 Å². The average Bonchev–Trinajstić information content (AvgIpc) is 2.48. The first-order valence-corrected chi connectivity index (χ1v) is 7.36. The molecule has 0 saturated carbocycles. The lowest BCUT2D eigenvalue weighted by Gasteiger charge is -2.32. The predicted molar refractivity (Wildman–Crippen MR) is 81.6 cm³/mol. The molecule has 1 aromatic rings. The van der Waals surface area contributed by atoms with E-state index in [2.05, 4.69) is 21.2 Å².